The van der Waals surface area contributed by atoms with Crippen LogP contribution in [0.3, 0.4) is 0 Å². The lowest BCUT2D eigenvalue weighted by atomic mass is 10.3. The van der Waals surface area contributed by atoms with Crippen molar-refractivity contribution in [3.8, 4) is 10.7 Å². The van der Waals surface area contributed by atoms with E-state index in [9.17, 15) is 0 Å². The monoisotopic (exact) mass is 303 g/mol. The second kappa shape index (κ2) is 6.19. The number of hydrogen-bond acceptors (Lipinski definition) is 6. The molecular weight excluding hydrogens is 286 g/mol. The predicted octanol–water partition coefficient (Wildman–Crippen LogP) is 2.65. The first kappa shape index (κ1) is 14.0. The van der Waals surface area contributed by atoms with Crippen LogP contribution in [0, 0.1) is 6.92 Å². The zero-order valence-electron chi connectivity index (χ0n) is 12.0. The van der Waals surface area contributed by atoms with E-state index in [1.54, 1.807) is 11.3 Å². The van der Waals surface area contributed by atoms with Gasteiger partial charge in [0.2, 0.25) is 11.7 Å². The van der Waals surface area contributed by atoms with Crippen LogP contribution in [0.1, 0.15) is 24.4 Å². The van der Waals surface area contributed by atoms with Crippen molar-refractivity contribution < 1.29 is 4.52 Å². The molecule has 21 heavy (non-hydrogen) atoms. The minimum Gasteiger partial charge on any atom is -0.337 e. The van der Waals surface area contributed by atoms with Gasteiger partial charge < -0.3 is 9.84 Å². The summed E-state index contributed by atoms with van der Waals surface area (Å²) in [5.41, 5.74) is 1.17. The van der Waals surface area contributed by atoms with Crippen LogP contribution in [-0.4, -0.2) is 26.5 Å². The molecule has 3 aromatic heterocycles. The Morgan fingerprint density at radius 2 is 2.38 bits per heavy atom. The highest BCUT2D eigenvalue weighted by Crippen LogP contribution is 2.22. The van der Waals surface area contributed by atoms with Crippen LogP contribution in [0.25, 0.3) is 10.7 Å². The first-order valence-electron chi connectivity index (χ1n) is 6.82. The first-order chi connectivity index (χ1) is 10.2. The Balaban J connectivity index is 1.54. The molecule has 0 aliphatic rings. The lowest BCUT2D eigenvalue weighted by Gasteiger charge is -2.09. The van der Waals surface area contributed by atoms with Crippen LogP contribution in [0.5, 0.6) is 0 Å². The third-order valence-corrected chi connectivity index (χ3v) is 3.97. The molecule has 110 valence electrons. The fraction of sp³-hybridized carbons (Fsp3) is 0.357. The van der Waals surface area contributed by atoms with E-state index in [4.69, 9.17) is 4.52 Å². The summed E-state index contributed by atoms with van der Waals surface area (Å²) in [6.45, 7) is 5.65. The highest BCUT2D eigenvalue weighted by Gasteiger charge is 2.15. The lowest BCUT2D eigenvalue weighted by molar-refractivity contribution is 0.336. The Labute approximate surface area is 126 Å². The van der Waals surface area contributed by atoms with Gasteiger partial charge in [0.15, 0.2) is 0 Å². The van der Waals surface area contributed by atoms with Crippen LogP contribution in [-0.2, 0) is 6.54 Å². The largest absolute Gasteiger partial charge is 0.337 e. The Morgan fingerprint density at radius 1 is 1.48 bits per heavy atom. The van der Waals surface area contributed by atoms with Gasteiger partial charge in [-0.15, -0.1) is 11.3 Å². The molecule has 0 radical (unpaired) electrons. The van der Waals surface area contributed by atoms with Crippen molar-refractivity contribution in [3.63, 3.8) is 0 Å². The van der Waals surface area contributed by atoms with Crippen molar-refractivity contribution in [2.45, 2.75) is 26.4 Å². The third-order valence-electron chi connectivity index (χ3n) is 3.11. The molecule has 6 nitrogen and oxygen atoms in total. The van der Waals surface area contributed by atoms with Crippen LogP contribution >= 0.6 is 11.3 Å². The maximum absolute atomic E-state index is 5.32. The number of hydrogen-bond donors (Lipinski definition) is 1. The standard InChI is InChI=1S/C14H17N5OS/c1-10-8-16-19(9-10)6-5-15-11(2)14-17-13(18-20-14)12-4-3-7-21-12/h3-4,7-9,11,15H,5-6H2,1-2H3/t11-/m1/s1. The molecule has 0 bridgehead atoms. The van der Waals surface area contributed by atoms with Gasteiger partial charge in [-0.1, -0.05) is 11.2 Å². The van der Waals surface area contributed by atoms with Gasteiger partial charge in [-0.05, 0) is 30.9 Å². The van der Waals surface area contributed by atoms with Gasteiger partial charge in [0.25, 0.3) is 0 Å². The highest BCUT2D eigenvalue weighted by atomic mass is 32.1. The van der Waals surface area contributed by atoms with Crippen molar-refractivity contribution in [1.82, 2.24) is 25.2 Å². The molecule has 3 rings (SSSR count). The van der Waals surface area contributed by atoms with Gasteiger partial charge in [0, 0.05) is 12.7 Å². The van der Waals surface area contributed by atoms with E-state index < -0.39 is 0 Å². The number of aromatic nitrogens is 4. The van der Waals surface area contributed by atoms with Gasteiger partial charge in [0.05, 0.1) is 23.7 Å². The second-order valence-electron chi connectivity index (χ2n) is 4.89. The number of rotatable bonds is 6. The minimum atomic E-state index is 0.0165. The molecule has 0 aromatic carbocycles. The molecule has 3 aromatic rings. The van der Waals surface area contributed by atoms with E-state index in [-0.39, 0.29) is 6.04 Å². The van der Waals surface area contributed by atoms with Crippen molar-refractivity contribution in [1.29, 1.82) is 0 Å². The van der Waals surface area contributed by atoms with Crippen molar-refractivity contribution in [3.05, 3.63) is 41.4 Å². The summed E-state index contributed by atoms with van der Waals surface area (Å²) in [5, 5.41) is 13.6. The summed E-state index contributed by atoms with van der Waals surface area (Å²) in [5.74, 6) is 1.26. The fourth-order valence-corrected chi connectivity index (χ4v) is 2.64. The molecule has 0 unspecified atom stereocenters. The number of nitrogens with one attached hydrogen (secondary N) is 1. The van der Waals surface area contributed by atoms with Crippen molar-refractivity contribution in [2.24, 2.45) is 0 Å². The van der Waals surface area contributed by atoms with Crippen molar-refractivity contribution >= 4 is 11.3 Å². The normalized spacial score (nSPS) is 12.7. The zero-order valence-corrected chi connectivity index (χ0v) is 12.8. The lowest BCUT2D eigenvalue weighted by Crippen LogP contribution is -2.23. The average Bonchev–Trinajstić information content (AvgIpc) is 3.19. The second-order valence-corrected chi connectivity index (χ2v) is 5.84. The maximum Gasteiger partial charge on any atom is 0.243 e. The minimum absolute atomic E-state index is 0.0165. The Hall–Kier alpha value is -1.99. The Bertz CT molecular complexity index is 688. The molecule has 0 aliphatic carbocycles. The molecule has 1 atom stereocenters. The van der Waals surface area contributed by atoms with E-state index in [0.717, 1.165) is 18.0 Å². The predicted molar refractivity (Wildman–Crippen MR) is 81.0 cm³/mol. The molecule has 0 saturated heterocycles. The van der Waals surface area contributed by atoms with Gasteiger partial charge in [-0.3, -0.25) is 4.68 Å². The number of nitrogens with zero attached hydrogens (tertiary/aromatic N) is 4. The summed E-state index contributed by atoms with van der Waals surface area (Å²) in [6, 6.07) is 3.98. The number of thiophene rings is 1. The first-order valence-corrected chi connectivity index (χ1v) is 7.70. The van der Waals surface area contributed by atoms with Crippen LogP contribution in [0.15, 0.2) is 34.4 Å². The fourth-order valence-electron chi connectivity index (χ4n) is 1.99. The quantitative estimate of drug-likeness (QED) is 0.758. The summed E-state index contributed by atoms with van der Waals surface area (Å²) in [7, 11) is 0. The van der Waals surface area contributed by atoms with E-state index in [1.807, 2.05) is 48.4 Å². The van der Waals surface area contributed by atoms with Gasteiger partial charge in [-0.25, -0.2) is 0 Å². The number of aryl methyl sites for hydroxylation is 1. The molecule has 0 spiro atoms. The summed E-state index contributed by atoms with van der Waals surface area (Å²) in [6.07, 6.45) is 3.88. The Morgan fingerprint density at radius 3 is 3.10 bits per heavy atom. The van der Waals surface area contributed by atoms with Crippen LogP contribution < -0.4 is 5.32 Å². The summed E-state index contributed by atoms with van der Waals surface area (Å²) in [4.78, 5) is 5.45. The Kier molecular flexibility index (Phi) is 4.12. The molecule has 1 N–H and O–H groups in total. The smallest absolute Gasteiger partial charge is 0.243 e. The van der Waals surface area contributed by atoms with E-state index in [0.29, 0.717) is 11.7 Å². The highest BCUT2D eigenvalue weighted by molar-refractivity contribution is 7.13. The molecule has 3 heterocycles. The van der Waals surface area contributed by atoms with Crippen LogP contribution in [0.2, 0.25) is 0 Å². The average molecular weight is 303 g/mol. The van der Waals surface area contributed by atoms with E-state index in [2.05, 4.69) is 20.6 Å². The molecule has 0 saturated carbocycles. The van der Waals surface area contributed by atoms with E-state index in [1.165, 1.54) is 5.56 Å². The third kappa shape index (κ3) is 3.37. The molecule has 0 fully saturated rings. The zero-order chi connectivity index (χ0) is 14.7. The molecule has 0 amide bonds. The van der Waals surface area contributed by atoms with Crippen LogP contribution in [0.4, 0.5) is 0 Å². The van der Waals surface area contributed by atoms with Gasteiger partial charge >= 0.3 is 0 Å². The van der Waals surface area contributed by atoms with Gasteiger partial charge in [-0.2, -0.15) is 10.1 Å². The van der Waals surface area contributed by atoms with Crippen molar-refractivity contribution in [2.75, 3.05) is 6.54 Å². The topological polar surface area (TPSA) is 68.8 Å². The maximum atomic E-state index is 5.32. The molecular formula is C14H17N5OS. The van der Waals surface area contributed by atoms with E-state index >= 15 is 0 Å². The summed E-state index contributed by atoms with van der Waals surface area (Å²) >= 11 is 1.60. The molecule has 7 heteroatoms. The SMILES string of the molecule is Cc1cnn(CCN[C@H](C)c2nc(-c3cccs3)no2)c1. The summed E-state index contributed by atoms with van der Waals surface area (Å²) < 4.78 is 7.23. The molecule has 0 aliphatic heterocycles. The van der Waals surface area contributed by atoms with Gasteiger partial charge in [0.1, 0.15) is 0 Å².